The summed E-state index contributed by atoms with van der Waals surface area (Å²) >= 11 is 0. The van der Waals surface area contributed by atoms with E-state index in [0.717, 1.165) is 5.56 Å². The summed E-state index contributed by atoms with van der Waals surface area (Å²) in [6.45, 7) is 0. The smallest absolute Gasteiger partial charge is 0.158 e. The molecule has 0 fully saturated rings. The summed E-state index contributed by atoms with van der Waals surface area (Å²) < 4.78 is 0. The number of hydrogen-bond donors (Lipinski definition) is 1. The normalized spacial score (nSPS) is 9.25. The van der Waals surface area contributed by atoms with Crippen molar-refractivity contribution in [1.29, 1.82) is 0 Å². The summed E-state index contributed by atoms with van der Waals surface area (Å²) in [6.07, 6.45) is 1.41. The van der Waals surface area contributed by atoms with E-state index in [9.17, 15) is 0 Å². The van der Waals surface area contributed by atoms with Crippen molar-refractivity contribution in [3.8, 4) is 11.8 Å². The molecular weight excluding hydrogens is 197 g/mol. The molecular formula is C12H8BN3. The fourth-order valence-electron chi connectivity index (χ4n) is 1.16. The number of aromatic nitrogens is 2. The van der Waals surface area contributed by atoms with Crippen molar-refractivity contribution in [3.05, 3.63) is 47.8 Å². The van der Waals surface area contributed by atoms with Gasteiger partial charge in [-0.1, -0.05) is 24.1 Å². The minimum Gasteiger partial charge on any atom is -0.381 e. The van der Waals surface area contributed by atoms with Crippen LogP contribution in [0.25, 0.3) is 0 Å². The summed E-state index contributed by atoms with van der Waals surface area (Å²) in [7, 11) is 5.50. The zero-order valence-corrected chi connectivity index (χ0v) is 8.51. The number of hydrogen-bond acceptors (Lipinski definition) is 3. The number of rotatable bonds is 0. The lowest BCUT2D eigenvalue weighted by Crippen LogP contribution is -2.13. The predicted molar refractivity (Wildman–Crippen MR) is 64.3 cm³/mol. The van der Waals surface area contributed by atoms with Crippen molar-refractivity contribution in [3.63, 3.8) is 0 Å². The van der Waals surface area contributed by atoms with E-state index in [2.05, 4.69) is 21.8 Å². The molecule has 0 unspecified atom stereocenters. The van der Waals surface area contributed by atoms with Gasteiger partial charge in [-0.2, -0.15) is 0 Å². The van der Waals surface area contributed by atoms with Crippen LogP contribution in [0.15, 0.2) is 36.5 Å². The quantitative estimate of drug-likeness (QED) is 0.495. The Labute approximate surface area is 95.1 Å². The second kappa shape index (κ2) is 4.50. The van der Waals surface area contributed by atoms with Crippen molar-refractivity contribution in [1.82, 2.24) is 9.97 Å². The standard InChI is InChI=1S/C12H8BN3/c13-11-8-15-12(14)10(16-11)7-6-9-4-2-1-3-5-9/h1-5,8H,(H2,14,15). The van der Waals surface area contributed by atoms with Gasteiger partial charge in [-0.15, -0.1) is 0 Å². The lowest BCUT2D eigenvalue weighted by atomic mass is 10.1. The maximum atomic E-state index is 5.62. The molecule has 1 aromatic carbocycles. The number of benzene rings is 1. The molecule has 2 rings (SSSR count). The average molecular weight is 205 g/mol. The molecule has 16 heavy (non-hydrogen) atoms. The number of nitrogens with zero attached hydrogens (tertiary/aromatic N) is 2. The largest absolute Gasteiger partial charge is 0.381 e. The lowest BCUT2D eigenvalue weighted by molar-refractivity contribution is 1.22. The van der Waals surface area contributed by atoms with Crippen molar-refractivity contribution in [2.75, 3.05) is 5.73 Å². The summed E-state index contributed by atoms with van der Waals surface area (Å²) in [6, 6.07) is 9.57. The summed E-state index contributed by atoms with van der Waals surface area (Å²) in [4.78, 5) is 7.88. The first kappa shape index (κ1) is 10.2. The van der Waals surface area contributed by atoms with Crippen molar-refractivity contribution in [2.45, 2.75) is 0 Å². The average Bonchev–Trinajstić information content (AvgIpc) is 2.32. The molecule has 0 aliphatic carbocycles. The van der Waals surface area contributed by atoms with Crippen LogP contribution in [0.3, 0.4) is 0 Å². The molecule has 2 aromatic rings. The molecule has 3 nitrogen and oxygen atoms in total. The molecule has 74 valence electrons. The first-order chi connectivity index (χ1) is 7.75. The monoisotopic (exact) mass is 205 g/mol. The number of nitrogen functional groups attached to an aromatic ring is 1. The van der Waals surface area contributed by atoms with E-state index in [0.29, 0.717) is 11.3 Å². The minimum absolute atomic E-state index is 0.289. The summed E-state index contributed by atoms with van der Waals surface area (Å²) in [5.74, 6) is 6.07. The van der Waals surface area contributed by atoms with E-state index < -0.39 is 0 Å². The molecule has 4 heteroatoms. The zero-order chi connectivity index (χ0) is 11.4. The van der Waals surface area contributed by atoms with Crippen LogP contribution < -0.4 is 11.3 Å². The lowest BCUT2D eigenvalue weighted by Gasteiger charge is -1.97. The molecule has 1 aromatic heterocycles. The SMILES string of the molecule is [B]c1cnc(N)c(C#Cc2ccccc2)n1. The highest BCUT2D eigenvalue weighted by atomic mass is 14.9. The maximum absolute atomic E-state index is 5.62. The van der Waals surface area contributed by atoms with Crippen molar-refractivity contribution >= 4 is 19.3 Å². The highest BCUT2D eigenvalue weighted by molar-refractivity contribution is 6.30. The molecule has 0 saturated carbocycles. The highest BCUT2D eigenvalue weighted by Crippen LogP contribution is 2.00. The number of nitrogens with two attached hydrogens (primary N) is 1. The van der Waals surface area contributed by atoms with Crippen LogP contribution in [0.2, 0.25) is 0 Å². The van der Waals surface area contributed by atoms with Crippen LogP contribution >= 0.6 is 0 Å². The van der Waals surface area contributed by atoms with E-state index in [1.165, 1.54) is 6.20 Å². The van der Waals surface area contributed by atoms with Gasteiger partial charge in [0.25, 0.3) is 0 Å². The van der Waals surface area contributed by atoms with E-state index in [-0.39, 0.29) is 5.82 Å². The molecule has 0 bridgehead atoms. The second-order valence-electron chi connectivity index (χ2n) is 3.14. The van der Waals surface area contributed by atoms with Crippen LogP contribution in [-0.4, -0.2) is 17.8 Å². The Morgan fingerprint density at radius 3 is 2.62 bits per heavy atom. The molecule has 0 aliphatic heterocycles. The van der Waals surface area contributed by atoms with Crippen LogP contribution in [0, 0.1) is 11.8 Å². The van der Waals surface area contributed by atoms with Crippen LogP contribution in [-0.2, 0) is 0 Å². The van der Waals surface area contributed by atoms with E-state index in [1.54, 1.807) is 0 Å². The fourth-order valence-corrected chi connectivity index (χ4v) is 1.16. The Kier molecular flexibility index (Phi) is 2.88. The van der Waals surface area contributed by atoms with E-state index >= 15 is 0 Å². The Morgan fingerprint density at radius 1 is 1.12 bits per heavy atom. The summed E-state index contributed by atoms with van der Waals surface area (Å²) in [5, 5.41) is 0. The number of anilines is 1. The third kappa shape index (κ3) is 2.40. The first-order valence-corrected chi connectivity index (χ1v) is 4.71. The molecule has 0 atom stereocenters. The van der Waals surface area contributed by atoms with Gasteiger partial charge in [0, 0.05) is 17.4 Å². The molecule has 0 amide bonds. The predicted octanol–water partition coefficient (Wildman–Crippen LogP) is 0.252. The minimum atomic E-state index is 0.289. The molecule has 1 heterocycles. The topological polar surface area (TPSA) is 51.8 Å². The fraction of sp³-hybridized carbons (Fsp3) is 0. The molecule has 2 N–H and O–H groups in total. The van der Waals surface area contributed by atoms with Gasteiger partial charge in [-0.25, -0.2) is 4.98 Å². The van der Waals surface area contributed by atoms with Gasteiger partial charge < -0.3 is 5.73 Å². The molecule has 0 saturated heterocycles. The Hall–Kier alpha value is -2.28. The zero-order valence-electron chi connectivity index (χ0n) is 8.51. The van der Waals surface area contributed by atoms with Gasteiger partial charge in [0.05, 0.1) is 0 Å². The second-order valence-corrected chi connectivity index (χ2v) is 3.14. The molecule has 2 radical (unpaired) electrons. The van der Waals surface area contributed by atoms with Crippen LogP contribution in [0.4, 0.5) is 5.82 Å². The highest BCUT2D eigenvalue weighted by Gasteiger charge is 1.97. The Bertz CT molecular complexity index is 555. The third-order valence-electron chi connectivity index (χ3n) is 1.92. The molecule has 0 spiro atoms. The van der Waals surface area contributed by atoms with Gasteiger partial charge in [0.2, 0.25) is 0 Å². The van der Waals surface area contributed by atoms with Gasteiger partial charge in [-0.3, -0.25) is 4.98 Å². The van der Waals surface area contributed by atoms with E-state index in [4.69, 9.17) is 13.6 Å². The van der Waals surface area contributed by atoms with Gasteiger partial charge in [-0.05, 0) is 18.1 Å². The molecule has 0 aliphatic rings. The van der Waals surface area contributed by atoms with Gasteiger partial charge in [0.1, 0.15) is 7.85 Å². The summed E-state index contributed by atoms with van der Waals surface area (Å²) in [5.41, 5.74) is 7.23. The van der Waals surface area contributed by atoms with Crippen molar-refractivity contribution < 1.29 is 0 Å². The maximum Gasteiger partial charge on any atom is 0.158 e. The Balaban J connectivity index is 2.34. The Morgan fingerprint density at radius 2 is 1.88 bits per heavy atom. The van der Waals surface area contributed by atoms with Crippen LogP contribution in [0.5, 0.6) is 0 Å². The van der Waals surface area contributed by atoms with Crippen molar-refractivity contribution in [2.24, 2.45) is 0 Å². The van der Waals surface area contributed by atoms with Gasteiger partial charge >= 0.3 is 0 Å². The van der Waals surface area contributed by atoms with Crippen LogP contribution in [0.1, 0.15) is 11.3 Å². The third-order valence-corrected chi connectivity index (χ3v) is 1.92. The van der Waals surface area contributed by atoms with Gasteiger partial charge in [0.15, 0.2) is 11.5 Å². The van der Waals surface area contributed by atoms with E-state index in [1.807, 2.05) is 30.3 Å². The first-order valence-electron chi connectivity index (χ1n) is 4.71.